The first-order chi connectivity index (χ1) is 11.4. The van der Waals surface area contributed by atoms with E-state index in [4.69, 9.17) is 13.8 Å². The summed E-state index contributed by atoms with van der Waals surface area (Å²) < 4.78 is 29.2. The maximum absolute atomic E-state index is 13.2. The van der Waals surface area contributed by atoms with Gasteiger partial charge in [0.25, 0.3) is 0 Å². The Bertz CT molecular complexity index is 491. The minimum Gasteiger partial charge on any atom is -0.459 e. The van der Waals surface area contributed by atoms with Gasteiger partial charge in [0.15, 0.2) is 5.66 Å². The minimum absolute atomic E-state index is 0.0174. The largest absolute Gasteiger partial charge is 0.459 e. The van der Waals surface area contributed by atoms with Gasteiger partial charge in [0.2, 0.25) is 0 Å². The maximum atomic E-state index is 13.2. The van der Waals surface area contributed by atoms with Crippen molar-refractivity contribution in [3.8, 4) is 0 Å². The first kappa shape index (κ1) is 23.9. The number of esters is 1. The number of carbonyl (C=O) groups excluding carboxylic acids is 1. The van der Waals surface area contributed by atoms with Crippen LogP contribution in [0.3, 0.4) is 0 Å². The SMILES string of the molecule is CCOP(=O)(OCC)C(C/C(=N/O)N(C)C(C)C)C(=O)OC(C)(C)C. The standard InChI is InChI=1S/C16H33N2O6P/c1-9-22-25(21,23-10-2)13(15(19)24-16(5,6)7)11-14(17-20)18(8)12(3)4/h12-13,20H,9-11H2,1-8H3/b17-14-. The van der Waals surface area contributed by atoms with Crippen molar-refractivity contribution < 1.29 is 28.4 Å². The van der Waals surface area contributed by atoms with Gasteiger partial charge < -0.3 is 23.9 Å². The van der Waals surface area contributed by atoms with Crippen LogP contribution < -0.4 is 0 Å². The lowest BCUT2D eigenvalue weighted by Gasteiger charge is -2.31. The zero-order valence-corrected chi connectivity index (χ0v) is 17.5. The predicted octanol–water partition coefficient (Wildman–Crippen LogP) is 3.48. The number of hydrogen-bond donors (Lipinski definition) is 1. The van der Waals surface area contributed by atoms with E-state index in [-0.39, 0.29) is 31.5 Å². The van der Waals surface area contributed by atoms with Gasteiger partial charge in [-0.15, -0.1) is 0 Å². The van der Waals surface area contributed by atoms with E-state index < -0.39 is 24.8 Å². The molecule has 0 aliphatic carbocycles. The van der Waals surface area contributed by atoms with Crippen molar-refractivity contribution in [3.63, 3.8) is 0 Å². The summed E-state index contributed by atoms with van der Waals surface area (Å²) in [5.74, 6) is -0.512. The van der Waals surface area contributed by atoms with Crippen LogP contribution in [0.4, 0.5) is 0 Å². The zero-order valence-electron chi connectivity index (χ0n) is 16.6. The van der Waals surface area contributed by atoms with Crippen LogP contribution in [-0.4, -0.2) is 59.5 Å². The molecular formula is C16H33N2O6P. The van der Waals surface area contributed by atoms with Crippen LogP contribution in [0.2, 0.25) is 0 Å². The third-order valence-electron chi connectivity index (χ3n) is 3.35. The molecule has 0 amide bonds. The topological polar surface area (TPSA) is 97.7 Å². The molecule has 0 bridgehead atoms. The summed E-state index contributed by atoms with van der Waals surface area (Å²) in [6.45, 7) is 12.5. The summed E-state index contributed by atoms with van der Waals surface area (Å²) in [5, 5.41) is 12.6. The van der Waals surface area contributed by atoms with Crippen LogP contribution in [0, 0.1) is 0 Å². The number of nitrogens with zero attached hydrogens (tertiary/aromatic N) is 2. The second kappa shape index (κ2) is 10.1. The molecule has 9 heteroatoms. The molecule has 1 unspecified atom stereocenters. The molecule has 0 aromatic heterocycles. The van der Waals surface area contributed by atoms with Gasteiger partial charge >= 0.3 is 13.6 Å². The lowest BCUT2D eigenvalue weighted by Crippen LogP contribution is -2.39. The molecule has 0 fully saturated rings. The van der Waals surface area contributed by atoms with Crippen molar-refractivity contribution in [3.05, 3.63) is 0 Å². The Morgan fingerprint density at radius 1 is 1.20 bits per heavy atom. The van der Waals surface area contributed by atoms with E-state index >= 15 is 0 Å². The van der Waals surface area contributed by atoms with Crippen molar-refractivity contribution in [1.29, 1.82) is 0 Å². The molecule has 0 saturated carbocycles. The first-order valence-electron chi connectivity index (χ1n) is 8.47. The summed E-state index contributed by atoms with van der Waals surface area (Å²) in [6, 6.07) is 0.0174. The van der Waals surface area contributed by atoms with Crippen LogP contribution >= 0.6 is 7.60 Å². The number of rotatable bonds is 9. The summed E-state index contributed by atoms with van der Waals surface area (Å²) in [7, 11) is -2.08. The molecule has 1 N–H and O–H groups in total. The van der Waals surface area contributed by atoms with Crippen molar-refractivity contribution >= 4 is 19.4 Å². The number of ether oxygens (including phenoxy) is 1. The van der Waals surface area contributed by atoms with E-state index in [9.17, 15) is 14.6 Å². The Morgan fingerprint density at radius 3 is 2.00 bits per heavy atom. The van der Waals surface area contributed by atoms with Crippen LogP contribution in [0.15, 0.2) is 5.16 Å². The maximum Gasteiger partial charge on any atom is 0.345 e. The van der Waals surface area contributed by atoms with Gasteiger partial charge in [-0.3, -0.25) is 9.36 Å². The minimum atomic E-state index is -3.80. The molecular weight excluding hydrogens is 347 g/mol. The van der Waals surface area contributed by atoms with Crippen LogP contribution in [0.5, 0.6) is 0 Å². The van der Waals surface area contributed by atoms with Gasteiger partial charge in [-0.2, -0.15) is 0 Å². The quantitative estimate of drug-likeness (QED) is 0.163. The summed E-state index contributed by atoms with van der Waals surface area (Å²) in [5.41, 5.74) is -1.99. The fraction of sp³-hybridized carbons (Fsp3) is 0.875. The number of carbonyl (C=O) groups is 1. The third-order valence-corrected chi connectivity index (χ3v) is 5.74. The van der Waals surface area contributed by atoms with Gasteiger partial charge in [-0.25, -0.2) is 0 Å². The Morgan fingerprint density at radius 2 is 1.68 bits per heavy atom. The molecule has 0 aromatic carbocycles. The van der Waals surface area contributed by atoms with Gasteiger partial charge in [0, 0.05) is 19.5 Å². The van der Waals surface area contributed by atoms with Crippen LogP contribution in [0.1, 0.15) is 54.9 Å². The number of oxime groups is 1. The van der Waals surface area contributed by atoms with Gasteiger partial charge in [0.05, 0.1) is 13.2 Å². The molecule has 0 aliphatic heterocycles. The molecule has 148 valence electrons. The molecule has 1 atom stereocenters. The van der Waals surface area contributed by atoms with Crippen molar-refractivity contribution in [2.45, 2.75) is 72.2 Å². The van der Waals surface area contributed by atoms with Crippen molar-refractivity contribution in [1.82, 2.24) is 4.90 Å². The highest BCUT2D eigenvalue weighted by Crippen LogP contribution is 2.55. The van der Waals surface area contributed by atoms with Gasteiger partial charge in [-0.05, 0) is 48.5 Å². The van der Waals surface area contributed by atoms with Gasteiger partial charge in [0.1, 0.15) is 11.4 Å². The van der Waals surface area contributed by atoms with Crippen LogP contribution in [0.25, 0.3) is 0 Å². The van der Waals surface area contributed by atoms with E-state index in [0.29, 0.717) is 0 Å². The van der Waals surface area contributed by atoms with E-state index in [1.165, 1.54) is 0 Å². The Kier molecular flexibility index (Phi) is 9.69. The second-order valence-corrected chi connectivity index (χ2v) is 9.07. The van der Waals surface area contributed by atoms with Crippen molar-refractivity contribution in [2.24, 2.45) is 5.16 Å². The highest BCUT2D eigenvalue weighted by molar-refractivity contribution is 7.55. The van der Waals surface area contributed by atoms with Crippen LogP contribution in [-0.2, 0) is 23.1 Å². The molecule has 0 spiro atoms. The second-order valence-electron chi connectivity index (χ2n) is 6.85. The number of hydrogen-bond acceptors (Lipinski definition) is 7. The third kappa shape index (κ3) is 7.75. The normalized spacial score (nSPS) is 14.5. The fourth-order valence-electron chi connectivity index (χ4n) is 2.00. The first-order valence-corrected chi connectivity index (χ1v) is 10.1. The summed E-state index contributed by atoms with van der Waals surface area (Å²) >= 11 is 0. The highest BCUT2D eigenvalue weighted by atomic mass is 31.2. The number of amidine groups is 1. The summed E-state index contributed by atoms with van der Waals surface area (Å²) in [6.07, 6.45) is -0.128. The van der Waals surface area contributed by atoms with Gasteiger partial charge in [-0.1, -0.05) is 5.16 Å². The Labute approximate surface area is 151 Å². The Hall–Kier alpha value is -1.11. The van der Waals surface area contributed by atoms with E-state index in [1.807, 2.05) is 13.8 Å². The highest BCUT2D eigenvalue weighted by Gasteiger charge is 2.45. The zero-order chi connectivity index (χ0) is 19.8. The lowest BCUT2D eigenvalue weighted by molar-refractivity contribution is -0.154. The fourth-order valence-corrected chi connectivity index (χ4v) is 3.85. The molecule has 0 radical (unpaired) electrons. The predicted molar refractivity (Wildman–Crippen MR) is 97.2 cm³/mol. The molecule has 0 saturated heterocycles. The monoisotopic (exact) mass is 380 g/mol. The molecule has 0 aliphatic rings. The molecule has 8 nitrogen and oxygen atoms in total. The molecule has 0 aromatic rings. The lowest BCUT2D eigenvalue weighted by atomic mass is 10.2. The smallest absolute Gasteiger partial charge is 0.345 e. The van der Waals surface area contributed by atoms with E-state index in [0.717, 1.165) is 0 Å². The van der Waals surface area contributed by atoms with E-state index in [2.05, 4.69) is 5.16 Å². The average molecular weight is 380 g/mol. The summed E-state index contributed by atoms with van der Waals surface area (Å²) in [4.78, 5) is 14.4. The van der Waals surface area contributed by atoms with Crippen molar-refractivity contribution in [2.75, 3.05) is 20.3 Å². The van der Waals surface area contributed by atoms with E-state index in [1.54, 1.807) is 46.6 Å². The molecule has 25 heavy (non-hydrogen) atoms. The Balaban J connectivity index is 5.81. The molecule has 0 rings (SSSR count). The molecule has 0 heterocycles. The average Bonchev–Trinajstić information content (AvgIpc) is 2.45.